The van der Waals surface area contributed by atoms with E-state index in [1.807, 2.05) is 13.8 Å². The Balaban J connectivity index is 3.01. The van der Waals surface area contributed by atoms with Gasteiger partial charge in [-0.1, -0.05) is 13.8 Å². The molecule has 9 heavy (non-hydrogen) atoms. The first kappa shape index (κ1) is 8.27. The second-order valence-electron chi connectivity index (χ2n) is 2.30. The van der Waals surface area contributed by atoms with Gasteiger partial charge in [0.15, 0.2) is 0 Å². The molecule has 0 fully saturated rings. The van der Waals surface area contributed by atoms with Crippen LogP contribution >= 0.6 is 0 Å². The molecular formula is C6H12O3. The lowest BCUT2D eigenvalue weighted by molar-refractivity contribution is 0.0876. The topological polar surface area (TPSA) is 46.5 Å². The quantitative estimate of drug-likeness (QED) is 0.595. The molecule has 0 unspecified atom stereocenters. The normalized spacial score (nSPS) is 9.67. The van der Waals surface area contributed by atoms with Crippen LogP contribution < -0.4 is 0 Å². The van der Waals surface area contributed by atoms with Crippen molar-refractivity contribution in [3.05, 3.63) is 0 Å². The molecule has 0 saturated heterocycles. The van der Waals surface area contributed by atoms with Crippen LogP contribution in [0.25, 0.3) is 0 Å². The number of rotatable bonds is 3. The van der Waals surface area contributed by atoms with Crippen molar-refractivity contribution in [2.75, 3.05) is 6.61 Å². The van der Waals surface area contributed by atoms with E-state index in [9.17, 15) is 4.79 Å². The van der Waals surface area contributed by atoms with E-state index < -0.39 is 6.16 Å². The first-order valence-corrected chi connectivity index (χ1v) is 2.98. The highest BCUT2D eigenvalue weighted by Gasteiger charge is 1.97. The lowest BCUT2D eigenvalue weighted by Crippen LogP contribution is -2.03. The summed E-state index contributed by atoms with van der Waals surface area (Å²) in [7, 11) is 0. The third-order valence-corrected chi connectivity index (χ3v) is 0.921. The minimum absolute atomic E-state index is 0.312. The van der Waals surface area contributed by atoms with Gasteiger partial charge in [0.2, 0.25) is 0 Å². The van der Waals surface area contributed by atoms with Crippen LogP contribution in [0.5, 0.6) is 0 Å². The maximum atomic E-state index is 9.76. The predicted octanol–water partition coefficient (Wildman–Crippen LogP) is 1.73. The summed E-state index contributed by atoms with van der Waals surface area (Å²) in [4.78, 5) is 9.76. The average Bonchev–Trinajstić information content (AvgIpc) is 1.63. The molecule has 0 saturated carbocycles. The summed E-state index contributed by atoms with van der Waals surface area (Å²) < 4.78 is 4.27. The van der Waals surface area contributed by atoms with E-state index in [1.165, 1.54) is 0 Å². The van der Waals surface area contributed by atoms with Gasteiger partial charge in [0.05, 0.1) is 6.61 Å². The van der Waals surface area contributed by atoms with Gasteiger partial charge in [-0.25, -0.2) is 4.79 Å². The van der Waals surface area contributed by atoms with Crippen molar-refractivity contribution in [1.29, 1.82) is 0 Å². The fourth-order valence-corrected chi connectivity index (χ4v) is 0.382. The van der Waals surface area contributed by atoms with E-state index in [-0.39, 0.29) is 0 Å². The zero-order valence-corrected chi connectivity index (χ0v) is 5.76. The molecule has 0 atom stereocenters. The van der Waals surface area contributed by atoms with Gasteiger partial charge < -0.3 is 9.84 Å². The Bertz CT molecular complexity index is 88.3. The molecule has 0 aliphatic carbocycles. The van der Waals surface area contributed by atoms with E-state index in [0.717, 1.165) is 6.42 Å². The summed E-state index contributed by atoms with van der Waals surface area (Å²) in [5, 5.41) is 8.00. The van der Waals surface area contributed by atoms with E-state index >= 15 is 0 Å². The summed E-state index contributed by atoms with van der Waals surface area (Å²) in [6.07, 6.45) is -0.387. The molecule has 0 radical (unpaired) electrons. The smallest absolute Gasteiger partial charge is 0.450 e. The predicted molar refractivity (Wildman–Crippen MR) is 33.4 cm³/mol. The van der Waals surface area contributed by atoms with Crippen molar-refractivity contribution in [3.63, 3.8) is 0 Å². The van der Waals surface area contributed by atoms with Gasteiger partial charge in [-0.3, -0.25) is 0 Å². The highest BCUT2D eigenvalue weighted by Crippen LogP contribution is 1.98. The van der Waals surface area contributed by atoms with Gasteiger partial charge in [0.25, 0.3) is 0 Å². The monoisotopic (exact) mass is 132 g/mol. The van der Waals surface area contributed by atoms with Crippen molar-refractivity contribution < 1.29 is 14.6 Å². The SMILES string of the molecule is CC(C)CCOC(=O)O. The lowest BCUT2D eigenvalue weighted by atomic mass is 10.1. The molecule has 0 bridgehead atoms. The van der Waals surface area contributed by atoms with Crippen molar-refractivity contribution in [1.82, 2.24) is 0 Å². The fourth-order valence-electron chi connectivity index (χ4n) is 0.382. The van der Waals surface area contributed by atoms with E-state index in [1.54, 1.807) is 0 Å². The Morgan fingerprint density at radius 3 is 2.56 bits per heavy atom. The van der Waals surface area contributed by atoms with Gasteiger partial charge in [-0.05, 0) is 12.3 Å². The summed E-state index contributed by atoms with van der Waals surface area (Å²) >= 11 is 0. The maximum absolute atomic E-state index is 9.76. The van der Waals surface area contributed by atoms with Gasteiger partial charge in [-0.15, -0.1) is 0 Å². The molecule has 3 nitrogen and oxygen atoms in total. The second-order valence-corrected chi connectivity index (χ2v) is 2.30. The van der Waals surface area contributed by atoms with Gasteiger partial charge in [-0.2, -0.15) is 0 Å². The first-order chi connectivity index (χ1) is 4.13. The minimum atomic E-state index is -1.18. The fraction of sp³-hybridized carbons (Fsp3) is 0.833. The van der Waals surface area contributed by atoms with Gasteiger partial charge in [0.1, 0.15) is 0 Å². The molecule has 0 rings (SSSR count). The zero-order valence-electron chi connectivity index (χ0n) is 5.76. The first-order valence-electron chi connectivity index (χ1n) is 2.98. The zero-order chi connectivity index (χ0) is 7.28. The number of carbonyl (C=O) groups is 1. The Hall–Kier alpha value is -0.730. The van der Waals surface area contributed by atoms with Crippen LogP contribution in [0.2, 0.25) is 0 Å². The van der Waals surface area contributed by atoms with Crippen LogP contribution in [0.15, 0.2) is 0 Å². The van der Waals surface area contributed by atoms with Crippen molar-refractivity contribution in [2.45, 2.75) is 20.3 Å². The van der Waals surface area contributed by atoms with Crippen LogP contribution in [0.3, 0.4) is 0 Å². The molecule has 0 aromatic rings. The number of carboxylic acid groups (broad SMARTS) is 1. The highest BCUT2D eigenvalue weighted by atomic mass is 16.7. The number of ether oxygens (including phenoxy) is 1. The lowest BCUT2D eigenvalue weighted by Gasteiger charge is -2.01. The Morgan fingerprint density at radius 2 is 2.22 bits per heavy atom. The molecular weight excluding hydrogens is 120 g/mol. The van der Waals surface area contributed by atoms with Crippen LogP contribution in [0.1, 0.15) is 20.3 Å². The molecule has 0 spiro atoms. The molecule has 3 heteroatoms. The summed E-state index contributed by atoms with van der Waals surface area (Å²) in [5.74, 6) is 0.504. The Labute approximate surface area is 54.6 Å². The van der Waals surface area contributed by atoms with Crippen LogP contribution in [-0.4, -0.2) is 17.9 Å². The number of hydrogen-bond donors (Lipinski definition) is 1. The van der Waals surface area contributed by atoms with Crippen LogP contribution in [-0.2, 0) is 4.74 Å². The molecule has 0 heterocycles. The average molecular weight is 132 g/mol. The molecule has 1 N–H and O–H groups in total. The molecule has 0 aliphatic heterocycles. The van der Waals surface area contributed by atoms with Crippen molar-refractivity contribution in [3.8, 4) is 0 Å². The van der Waals surface area contributed by atoms with E-state index in [4.69, 9.17) is 5.11 Å². The summed E-state index contributed by atoms with van der Waals surface area (Å²) in [6, 6.07) is 0. The van der Waals surface area contributed by atoms with Gasteiger partial charge >= 0.3 is 6.16 Å². The van der Waals surface area contributed by atoms with Crippen molar-refractivity contribution in [2.24, 2.45) is 5.92 Å². The van der Waals surface area contributed by atoms with E-state index in [2.05, 4.69) is 4.74 Å². The minimum Gasteiger partial charge on any atom is -0.450 e. The third-order valence-electron chi connectivity index (χ3n) is 0.921. The molecule has 0 amide bonds. The van der Waals surface area contributed by atoms with E-state index in [0.29, 0.717) is 12.5 Å². The third kappa shape index (κ3) is 7.27. The van der Waals surface area contributed by atoms with Crippen molar-refractivity contribution >= 4 is 6.16 Å². The summed E-state index contributed by atoms with van der Waals surface area (Å²) in [5.41, 5.74) is 0. The van der Waals surface area contributed by atoms with Crippen LogP contribution in [0.4, 0.5) is 4.79 Å². The molecule has 0 aliphatic rings. The van der Waals surface area contributed by atoms with Crippen LogP contribution in [0, 0.1) is 5.92 Å². The second kappa shape index (κ2) is 4.18. The largest absolute Gasteiger partial charge is 0.505 e. The summed E-state index contributed by atoms with van der Waals surface area (Å²) in [6.45, 7) is 4.35. The highest BCUT2D eigenvalue weighted by molar-refractivity contribution is 5.56. The number of hydrogen-bond acceptors (Lipinski definition) is 2. The Morgan fingerprint density at radius 1 is 1.67 bits per heavy atom. The molecule has 0 aromatic heterocycles. The maximum Gasteiger partial charge on any atom is 0.505 e. The Kier molecular flexibility index (Phi) is 3.84. The molecule has 0 aromatic carbocycles. The van der Waals surface area contributed by atoms with Gasteiger partial charge in [0, 0.05) is 0 Å². The standard InChI is InChI=1S/C6H12O3/c1-5(2)3-4-9-6(7)8/h5H,3-4H2,1-2H3,(H,7,8). The molecule has 54 valence electrons.